The molecule has 0 amide bonds. The van der Waals surface area contributed by atoms with E-state index in [2.05, 4.69) is 9.59 Å². The van der Waals surface area contributed by atoms with E-state index in [1.54, 1.807) is 17.7 Å². The lowest BCUT2D eigenvalue weighted by atomic mass is 9.90. The molecule has 0 saturated carbocycles. The van der Waals surface area contributed by atoms with Crippen LogP contribution in [-0.4, -0.2) is 26.7 Å². The van der Waals surface area contributed by atoms with Gasteiger partial charge in [0.2, 0.25) is 0 Å². The maximum absolute atomic E-state index is 12.3. The minimum absolute atomic E-state index is 0.0235. The van der Waals surface area contributed by atoms with Gasteiger partial charge in [-0.1, -0.05) is 15.8 Å². The number of hydrogen-bond acceptors (Lipinski definition) is 7. The fraction of sp³-hybridized carbons (Fsp3) is 0.538. The molecule has 0 fully saturated rings. The van der Waals surface area contributed by atoms with Gasteiger partial charge in [-0.3, -0.25) is 14.2 Å². The van der Waals surface area contributed by atoms with Crippen LogP contribution in [0.5, 0.6) is 0 Å². The van der Waals surface area contributed by atoms with Crippen molar-refractivity contribution in [3.8, 4) is 0 Å². The van der Waals surface area contributed by atoms with Gasteiger partial charge in [-0.2, -0.15) is 0 Å². The van der Waals surface area contributed by atoms with Crippen molar-refractivity contribution < 1.29 is 9.53 Å². The average molecular weight is 325 g/mol. The normalized spacial score (nSPS) is 17.5. The molecule has 2 aromatic heterocycles. The molecule has 21 heavy (non-hydrogen) atoms. The Balaban J connectivity index is 2.00. The molecule has 0 saturated heterocycles. The highest BCUT2D eigenvalue weighted by Crippen LogP contribution is 2.34. The number of fused-ring (bicyclic) bond motifs is 1. The molecule has 0 bridgehead atoms. The largest absolute Gasteiger partial charge is 0.465 e. The van der Waals surface area contributed by atoms with E-state index >= 15 is 0 Å². The molecular weight excluding hydrogens is 310 g/mol. The predicted octanol–water partition coefficient (Wildman–Crippen LogP) is 1.79. The molecule has 1 aliphatic carbocycles. The summed E-state index contributed by atoms with van der Waals surface area (Å²) in [4.78, 5) is 26.3. The summed E-state index contributed by atoms with van der Waals surface area (Å²) in [6.07, 6.45) is 4.17. The summed E-state index contributed by atoms with van der Waals surface area (Å²) >= 11 is 2.51. The Morgan fingerprint density at radius 1 is 1.57 bits per heavy atom. The third-order valence-electron chi connectivity index (χ3n) is 3.53. The van der Waals surface area contributed by atoms with Crippen LogP contribution in [0.2, 0.25) is 0 Å². The second-order valence-electron chi connectivity index (χ2n) is 4.84. The minimum atomic E-state index is -0.325. The van der Waals surface area contributed by atoms with E-state index in [1.165, 1.54) is 22.9 Å². The second kappa shape index (κ2) is 6.07. The Labute approximate surface area is 129 Å². The fourth-order valence-electron chi connectivity index (χ4n) is 2.66. The maximum atomic E-state index is 12.3. The van der Waals surface area contributed by atoms with Gasteiger partial charge in [-0.05, 0) is 37.7 Å². The topological polar surface area (TPSA) is 74.1 Å². The number of nitrogens with zero attached hydrogens (tertiary/aromatic N) is 3. The molecule has 1 unspecified atom stereocenters. The molecule has 1 aliphatic rings. The highest BCUT2D eigenvalue weighted by molar-refractivity contribution is 7.09. The van der Waals surface area contributed by atoms with Gasteiger partial charge in [0, 0.05) is 10.6 Å². The van der Waals surface area contributed by atoms with Crippen molar-refractivity contribution in [3.05, 3.63) is 31.3 Å². The molecule has 6 nitrogen and oxygen atoms in total. The van der Waals surface area contributed by atoms with Crippen molar-refractivity contribution in [2.24, 2.45) is 0 Å². The molecule has 1 atom stereocenters. The monoisotopic (exact) mass is 325 g/mol. The molecule has 0 radical (unpaired) electrons. The van der Waals surface area contributed by atoms with Gasteiger partial charge in [-0.15, -0.1) is 5.10 Å². The summed E-state index contributed by atoms with van der Waals surface area (Å²) in [7, 11) is 0. The lowest BCUT2D eigenvalue weighted by molar-refractivity contribution is -0.145. The van der Waals surface area contributed by atoms with Crippen molar-refractivity contribution in [1.29, 1.82) is 0 Å². The molecule has 0 aromatic carbocycles. The fourth-order valence-corrected chi connectivity index (χ4v) is 4.23. The maximum Gasteiger partial charge on any atom is 0.314 e. The molecule has 0 spiro atoms. The van der Waals surface area contributed by atoms with E-state index in [4.69, 9.17) is 4.74 Å². The van der Waals surface area contributed by atoms with Crippen molar-refractivity contribution in [1.82, 2.24) is 14.2 Å². The van der Waals surface area contributed by atoms with E-state index < -0.39 is 0 Å². The summed E-state index contributed by atoms with van der Waals surface area (Å²) in [5.74, 6) is -0.555. The zero-order valence-electron chi connectivity index (χ0n) is 11.6. The Kier molecular flexibility index (Phi) is 4.16. The molecule has 0 N–H and O–H groups in total. The quantitative estimate of drug-likeness (QED) is 0.801. The van der Waals surface area contributed by atoms with Crippen LogP contribution in [0.25, 0.3) is 0 Å². The number of aryl methyl sites for hydroxylation is 1. The van der Waals surface area contributed by atoms with E-state index in [0.717, 1.165) is 34.7 Å². The first kappa shape index (κ1) is 14.4. The van der Waals surface area contributed by atoms with Crippen LogP contribution in [-0.2, 0) is 22.5 Å². The van der Waals surface area contributed by atoms with E-state index in [0.29, 0.717) is 13.2 Å². The zero-order valence-corrected chi connectivity index (χ0v) is 13.2. The number of esters is 1. The van der Waals surface area contributed by atoms with Crippen molar-refractivity contribution in [3.63, 3.8) is 0 Å². The highest BCUT2D eigenvalue weighted by Gasteiger charge is 2.33. The summed E-state index contributed by atoms with van der Waals surface area (Å²) in [6.45, 7) is 2.58. The smallest absolute Gasteiger partial charge is 0.314 e. The lowest BCUT2D eigenvalue weighted by Gasteiger charge is -2.22. The number of ether oxygens (including phenoxy) is 1. The minimum Gasteiger partial charge on any atom is -0.465 e. The first-order valence-corrected chi connectivity index (χ1v) is 8.45. The second-order valence-corrected chi connectivity index (χ2v) is 6.76. The number of rotatable bonds is 4. The van der Waals surface area contributed by atoms with Gasteiger partial charge < -0.3 is 4.74 Å². The summed E-state index contributed by atoms with van der Waals surface area (Å²) in [5.41, 5.74) is 0.836. The Morgan fingerprint density at radius 3 is 3.14 bits per heavy atom. The summed E-state index contributed by atoms with van der Waals surface area (Å²) in [6, 6.07) is 0. The SMILES string of the molecule is CCOC(=O)C1CCCc2sc(=O)n(Cc3cnns3)c21. The van der Waals surface area contributed by atoms with E-state index in [9.17, 15) is 9.59 Å². The zero-order chi connectivity index (χ0) is 14.8. The molecule has 2 aromatic rings. The van der Waals surface area contributed by atoms with Crippen LogP contribution in [0.1, 0.15) is 41.1 Å². The molecular formula is C13H15N3O3S2. The average Bonchev–Trinajstić information content (AvgIpc) is 3.08. The first-order valence-electron chi connectivity index (χ1n) is 6.86. The molecule has 0 aliphatic heterocycles. The van der Waals surface area contributed by atoms with Crippen LogP contribution in [0.4, 0.5) is 0 Å². The molecule has 8 heteroatoms. The number of hydrogen-bond donors (Lipinski definition) is 0. The van der Waals surface area contributed by atoms with Gasteiger partial charge in [0.05, 0.1) is 30.1 Å². The predicted molar refractivity (Wildman–Crippen MR) is 79.9 cm³/mol. The van der Waals surface area contributed by atoms with E-state index in [1.807, 2.05) is 0 Å². The van der Waals surface area contributed by atoms with Gasteiger partial charge in [-0.25, -0.2) is 0 Å². The number of aromatic nitrogens is 3. The van der Waals surface area contributed by atoms with Gasteiger partial charge in [0.15, 0.2) is 0 Å². The standard InChI is InChI=1S/C13H15N3O3S2/c1-2-19-12(17)9-4-3-5-10-11(9)16(13(18)20-10)7-8-6-14-15-21-8/h6,9H,2-5,7H2,1H3. The van der Waals surface area contributed by atoms with Gasteiger partial charge in [0.25, 0.3) is 0 Å². The molecule has 2 heterocycles. The molecule has 3 rings (SSSR count). The Morgan fingerprint density at radius 2 is 2.43 bits per heavy atom. The third kappa shape index (κ3) is 2.77. The first-order chi connectivity index (χ1) is 10.2. The molecule has 112 valence electrons. The van der Waals surface area contributed by atoms with E-state index in [-0.39, 0.29) is 16.8 Å². The summed E-state index contributed by atoms with van der Waals surface area (Å²) < 4.78 is 10.7. The number of thiazole rings is 1. The highest BCUT2D eigenvalue weighted by atomic mass is 32.1. The number of carbonyl (C=O) groups is 1. The van der Waals surface area contributed by atoms with Crippen LogP contribution in [0.15, 0.2) is 11.0 Å². The van der Waals surface area contributed by atoms with Crippen LogP contribution >= 0.6 is 22.9 Å². The van der Waals surface area contributed by atoms with Crippen molar-refractivity contribution >= 4 is 28.8 Å². The van der Waals surface area contributed by atoms with Crippen LogP contribution in [0.3, 0.4) is 0 Å². The Bertz CT molecular complexity index is 690. The third-order valence-corrected chi connectivity index (χ3v) is 5.23. The lowest BCUT2D eigenvalue weighted by Crippen LogP contribution is -2.26. The van der Waals surface area contributed by atoms with Crippen molar-refractivity contribution in [2.75, 3.05) is 6.61 Å². The van der Waals surface area contributed by atoms with Crippen LogP contribution in [0, 0.1) is 0 Å². The van der Waals surface area contributed by atoms with Crippen LogP contribution < -0.4 is 4.87 Å². The van der Waals surface area contributed by atoms with Gasteiger partial charge in [0.1, 0.15) is 0 Å². The number of carbonyl (C=O) groups excluding carboxylic acids is 1. The van der Waals surface area contributed by atoms with Crippen molar-refractivity contribution in [2.45, 2.75) is 38.6 Å². The van der Waals surface area contributed by atoms with Gasteiger partial charge >= 0.3 is 10.8 Å². The Hall–Kier alpha value is -1.54. The summed E-state index contributed by atoms with van der Waals surface area (Å²) in [5, 5.41) is 3.79.